The second-order valence-corrected chi connectivity index (χ2v) is 6.50. The van der Waals surface area contributed by atoms with E-state index >= 15 is 0 Å². The lowest BCUT2D eigenvalue weighted by molar-refractivity contribution is -0.127. The van der Waals surface area contributed by atoms with E-state index in [1.54, 1.807) is 4.40 Å². The summed E-state index contributed by atoms with van der Waals surface area (Å²) in [7, 11) is 0. The Morgan fingerprint density at radius 2 is 1.27 bits per heavy atom. The molecular weight excluding hydrogens is 343 g/mol. The number of aromatic nitrogens is 1. The Labute approximate surface area is 143 Å². The van der Waals surface area contributed by atoms with E-state index in [0.717, 1.165) is 10.8 Å². The van der Waals surface area contributed by atoms with Gasteiger partial charge in [-0.05, 0) is 17.7 Å². The molecular formula is C20H10F3NO2. The normalized spacial score (nSPS) is 12.9. The summed E-state index contributed by atoms with van der Waals surface area (Å²) < 4.78 is 40.2. The average molecular weight is 353 g/mol. The van der Waals surface area contributed by atoms with E-state index in [9.17, 15) is 22.8 Å². The molecule has 0 aliphatic rings. The molecule has 0 atom stereocenters. The van der Waals surface area contributed by atoms with Gasteiger partial charge < -0.3 is 4.40 Å². The summed E-state index contributed by atoms with van der Waals surface area (Å²) in [5.41, 5.74) is 0.836. The minimum Gasteiger partial charge on any atom is -0.307 e. The number of nitrogens with zero attached hydrogens (tertiary/aromatic N) is 1. The molecule has 0 amide bonds. The molecule has 6 heteroatoms. The molecule has 3 aromatic heterocycles. The largest absolute Gasteiger partial charge is 0.393 e. The zero-order valence-electron chi connectivity index (χ0n) is 13.2. The van der Waals surface area contributed by atoms with Gasteiger partial charge in [-0.1, -0.05) is 24.3 Å². The van der Waals surface area contributed by atoms with Gasteiger partial charge in [0.25, 0.3) is 0 Å². The van der Waals surface area contributed by atoms with Crippen molar-refractivity contribution in [2.24, 2.45) is 0 Å². The van der Waals surface area contributed by atoms with Crippen LogP contribution in [0.15, 0.2) is 58.1 Å². The Morgan fingerprint density at radius 1 is 0.769 bits per heavy atom. The first-order valence-corrected chi connectivity index (χ1v) is 7.99. The summed E-state index contributed by atoms with van der Waals surface area (Å²) in [6, 6.07) is 12.8. The van der Waals surface area contributed by atoms with Crippen LogP contribution in [0.2, 0.25) is 0 Å². The summed E-state index contributed by atoms with van der Waals surface area (Å²) in [5, 5.41) is 1.94. The van der Waals surface area contributed by atoms with Crippen molar-refractivity contribution in [3.8, 4) is 0 Å². The molecule has 0 N–H and O–H groups in total. The van der Waals surface area contributed by atoms with Crippen molar-refractivity contribution in [1.29, 1.82) is 0 Å². The van der Waals surface area contributed by atoms with Crippen LogP contribution < -0.4 is 10.9 Å². The predicted molar refractivity (Wildman–Crippen MR) is 94.6 cm³/mol. The third kappa shape index (κ3) is 1.95. The maximum Gasteiger partial charge on any atom is 0.393 e. The SMILES string of the molecule is O=c1cc2c3ccccc3c3cc(=O)c4cc(CC(F)(F)F)cc1c4n23. The van der Waals surface area contributed by atoms with Gasteiger partial charge in [-0.15, -0.1) is 0 Å². The molecule has 128 valence electrons. The quantitative estimate of drug-likeness (QED) is 0.455. The second-order valence-electron chi connectivity index (χ2n) is 6.50. The van der Waals surface area contributed by atoms with Crippen LogP contribution in [0.5, 0.6) is 0 Å². The van der Waals surface area contributed by atoms with Gasteiger partial charge in [0.15, 0.2) is 10.9 Å². The third-order valence-corrected chi connectivity index (χ3v) is 4.83. The van der Waals surface area contributed by atoms with Crippen LogP contribution in [-0.2, 0) is 6.42 Å². The molecule has 0 fully saturated rings. The van der Waals surface area contributed by atoms with E-state index in [-0.39, 0.29) is 27.2 Å². The summed E-state index contributed by atoms with van der Waals surface area (Å²) in [5.74, 6) is 0. The van der Waals surface area contributed by atoms with Crippen molar-refractivity contribution >= 4 is 38.1 Å². The van der Waals surface area contributed by atoms with Crippen LogP contribution >= 0.6 is 0 Å². The Bertz CT molecular complexity index is 1340. The number of alkyl halides is 3. The van der Waals surface area contributed by atoms with Gasteiger partial charge >= 0.3 is 6.18 Å². The van der Waals surface area contributed by atoms with Crippen LogP contribution in [0.1, 0.15) is 5.56 Å². The van der Waals surface area contributed by atoms with Crippen molar-refractivity contribution in [2.75, 3.05) is 0 Å². The van der Waals surface area contributed by atoms with Gasteiger partial charge in [0.1, 0.15) is 0 Å². The Morgan fingerprint density at radius 3 is 1.73 bits per heavy atom. The molecule has 26 heavy (non-hydrogen) atoms. The lowest BCUT2D eigenvalue weighted by Crippen LogP contribution is -2.15. The van der Waals surface area contributed by atoms with Crippen LogP contribution in [-0.4, -0.2) is 10.6 Å². The van der Waals surface area contributed by atoms with E-state index in [4.69, 9.17) is 0 Å². The monoisotopic (exact) mass is 353 g/mol. The molecule has 0 spiro atoms. The number of fused-ring (bicyclic) bond motifs is 3. The van der Waals surface area contributed by atoms with Crippen molar-refractivity contribution < 1.29 is 13.2 Å². The van der Waals surface area contributed by atoms with Crippen LogP contribution in [0.25, 0.3) is 38.1 Å². The molecule has 5 rings (SSSR count). The molecule has 5 aromatic rings. The molecule has 0 saturated carbocycles. The molecule has 0 aliphatic carbocycles. The molecule has 0 aliphatic heterocycles. The van der Waals surface area contributed by atoms with Gasteiger partial charge in [-0.25, -0.2) is 0 Å². The fourth-order valence-corrected chi connectivity index (χ4v) is 3.87. The van der Waals surface area contributed by atoms with Gasteiger partial charge in [-0.2, -0.15) is 13.2 Å². The third-order valence-electron chi connectivity index (χ3n) is 4.83. The fourth-order valence-electron chi connectivity index (χ4n) is 3.87. The first-order chi connectivity index (χ1) is 12.3. The first-order valence-electron chi connectivity index (χ1n) is 7.99. The van der Waals surface area contributed by atoms with Crippen molar-refractivity contribution in [2.45, 2.75) is 12.6 Å². The zero-order valence-corrected chi connectivity index (χ0v) is 13.2. The van der Waals surface area contributed by atoms with E-state index in [1.807, 2.05) is 24.3 Å². The molecule has 3 heterocycles. The first kappa shape index (κ1) is 15.1. The van der Waals surface area contributed by atoms with Crippen LogP contribution in [0.4, 0.5) is 13.2 Å². The molecule has 0 saturated heterocycles. The Hall–Kier alpha value is -3.15. The van der Waals surface area contributed by atoms with Gasteiger partial charge in [0.05, 0.1) is 23.0 Å². The number of rotatable bonds is 1. The molecule has 0 unspecified atom stereocenters. The minimum atomic E-state index is -4.41. The summed E-state index contributed by atoms with van der Waals surface area (Å²) in [4.78, 5) is 25.3. The van der Waals surface area contributed by atoms with Crippen LogP contribution in [0.3, 0.4) is 0 Å². The van der Waals surface area contributed by atoms with E-state index in [1.165, 1.54) is 24.3 Å². The van der Waals surface area contributed by atoms with Crippen molar-refractivity contribution in [1.82, 2.24) is 4.40 Å². The molecule has 0 bridgehead atoms. The number of hydrogen-bond donors (Lipinski definition) is 0. The molecule has 2 aromatic carbocycles. The van der Waals surface area contributed by atoms with Gasteiger partial charge in [-0.3, -0.25) is 9.59 Å². The Kier molecular flexibility index (Phi) is 2.75. The fraction of sp³-hybridized carbons (Fsp3) is 0.100. The number of pyridine rings is 2. The molecule has 0 radical (unpaired) electrons. The van der Waals surface area contributed by atoms with Gasteiger partial charge in [0, 0.05) is 33.7 Å². The summed E-state index contributed by atoms with van der Waals surface area (Å²) in [6.45, 7) is 0. The van der Waals surface area contributed by atoms with Crippen molar-refractivity contribution in [3.63, 3.8) is 0 Å². The van der Waals surface area contributed by atoms with E-state index in [2.05, 4.69) is 0 Å². The number of halogens is 3. The van der Waals surface area contributed by atoms with Crippen LogP contribution in [0, 0.1) is 0 Å². The highest BCUT2D eigenvalue weighted by molar-refractivity contribution is 6.13. The maximum absolute atomic E-state index is 12.8. The number of benzene rings is 2. The van der Waals surface area contributed by atoms with E-state index in [0.29, 0.717) is 16.6 Å². The lowest BCUT2D eigenvalue weighted by atomic mass is 10.0. The highest BCUT2D eigenvalue weighted by Gasteiger charge is 2.28. The minimum absolute atomic E-state index is 0.0849. The number of hydrogen-bond acceptors (Lipinski definition) is 2. The average Bonchev–Trinajstić information content (AvgIpc) is 2.87. The highest BCUT2D eigenvalue weighted by atomic mass is 19.4. The second kappa shape index (κ2) is 4.72. The maximum atomic E-state index is 12.8. The summed E-state index contributed by atoms with van der Waals surface area (Å²) in [6.07, 6.45) is -5.59. The topological polar surface area (TPSA) is 38.5 Å². The van der Waals surface area contributed by atoms with E-state index < -0.39 is 12.6 Å². The van der Waals surface area contributed by atoms with Crippen molar-refractivity contribution in [3.05, 3.63) is 74.5 Å². The van der Waals surface area contributed by atoms with Gasteiger partial charge in [0.2, 0.25) is 0 Å². The highest BCUT2D eigenvalue weighted by Crippen LogP contribution is 2.33. The predicted octanol–water partition coefficient (Wildman–Crippen LogP) is 4.10. The zero-order chi connectivity index (χ0) is 18.2. The molecule has 3 nitrogen and oxygen atoms in total. The standard InChI is InChI=1S/C20H10F3NO2/c21-20(22,23)9-10-5-13-17(25)7-15-11-3-1-2-4-12(11)16-8-18(26)14(6-10)19(13)24(15)16/h1-8H,9H2. The summed E-state index contributed by atoms with van der Waals surface area (Å²) >= 11 is 0. The smallest absolute Gasteiger partial charge is 0.307 e. The Balaban J connectivity index is 2.05. The lowest BCUT2D eigenvalue weighted by Gasteiger charge is -2.11.